The lowest BCUT2D eigenvalue weighted by molar-refractivity contribution is 0.443. The average Bonchev–Trinajstić information content (AvgIpc) is 2.04. The minimum atomic E-state index is -3.67. The fraction of sp³-hybridized carbons (Fsp3) is 0.286. The highest BCUT2D eigenvalue weighted by Gasteiger charge is 2.22. The van der Waals surface area contributed by atoms with Crippen molar-refractivity contribution in [3.63, 3.8) is 0 Å². The zero-order valence-corrected chi connectivity index (χ0v) is 8.04. The molecule has 1 aromatic heterocycles. The molecule has 71 valence electrons. The van der Waals surface area contributed by atoms with Gasteiger partial charge >= 0.3 is 0 Å². The largest absolute Gasteiger partial charge is 0.504 e. The van der Waals surface area contributed by atoms with Crippen molar-refractivity contribution in [1.29, 1.82) is 0 Å². The molecule has 0 spiro atoms. The smallest absolute Gasteiger partial charge is 0.263 e. The van der Waals surface area contributed by atoms with Crippen LogP contribution in [0.15, 0.2) is 17.3 Å². The summed E-state index contributed by atoms with van der Waals surface area (Å²) in [7, 11) is -0.938. The van der Waals surface area contributed by atoms with Gasteiger partial charge in [0.2, 0.25) is 5.03 Å². The van der Waals surface area contributed by atoms with E-state index in [0.29, 0.717) is 0 Å². The molecule has 0 aromatic carbocycles. The zero-order valence-electron chi connectivity index (χ0n) is 7.22. The molecule has 0 unspecified atom stereocenters. The number of aromatic hydroxyl groups is 1. The number of hydrogen-bond acceptors (Lipinski definition) is 4. The first-order valence-corrected chi connectivity index (χ1v) is 4.88. The van der Waals surface area contributed by atoms with E-state index in [9.17, 15) is 13.5 Å². The van der Waals surface area contributed by atoms with Crippen LogP contribution in [0.3, 0.4) is 0 Å². The maximum absolute atomic E-state index is 11.4. The second kappa shape index (κ2) is 3.31. The van der Waals surface area contributed by atoms with Crippen LogP contribution in [0.1, 0.15) is 0 Å². The summed E-state index contributed by atoms with van der Waals surface area (Å²) in [6, 6.07) is 3.69. The summed E-state index contributed by atoms with van der Waals surface area (Å²) in [5.41, 5.74) is 0. The van der Waals surface area contributed by atoms with Crippen LogP contribution in [-0.4, -0.2) is 36.9 Å². The van der Waals surface area contributed by atoms with Crippen molar-refractivity contribution in [1.82, 2.24) is 9.29 Å². The van der Waals surface area contributed by atoms with Crippen LogP contribution < -0.4 is 0 Å². The molecule has 1 heterocycles. The molecule has 5 nitrogen and oxygen atoms in total. The van der Waals surface area contributed by atoms with Gasteiger partial charge < -0.3 is 5.11 Å². The van der Waals surface area contributed by atoms with Crippen molar-refractivity contribution >= 4 is 10.0 Å². The molecule has 1 radical (unpaired) electrons. The highest BCUT2D eigenvalue weighted by Crippen LogP contribution is 2.19. The summed E-state index contributed by atoms with van der Waals surface area (Å²) in [4.78, 5) is 3.56. The normalized spacial score (nSPS) is 11.9. The molecule has 13 heavy (non-hydrogen) atoms. The van der Waals surface area contributed by atoms with Crippen molar-refractivity contribution < 1.29 is 13.5 Å². The van der Waals surface area contributed by atoms with Crippen LogP contribution in [0.2, 0.25) is 0 Å². The van der Waals surface area contributed by atoms with Crippen LogP contribution in [0.25, 0.3) is 0 Å². The first kappa shape index (κ1) is 9.94. The molecule has 1 N–H and O–H groups in total. The number of aromatic nitrogens is 1. The summed E-state index contributed by atoms with van der Waals surface area (Å²) in [6.07, 6.45) is 1.26. The van der Waals surface area contributed by atoms with Gasteiger partial charge in [-0.05, 0) is 6.07 Å². The Kier molecular flexibility index (Phi) is 2.53. The van der Waals surface area contributed by atoms with E-state index in [2.05, 4.69) is 11.1 Å². The Hall–Kier alpha value is -1.14. The van der Waals surface area contributed by atoms with E-state index >= 15 is 0 Å². The average molecular weight is 201 g/mol. The molecule has 0 saturated heterocycles. The minimum absolute atomic E-state index is 0.375. The summed E-state index contributed by atoms with van der Waals surface area (Å²) < 4.78 is 23.8. The van der Waals surface area contributed by atoms with Gasteiger partial charge in [0.25, 0.3) is 10.0 Å². The van der Waals surface area contributed by atoms with Crippen LogP contribution in [0.5, 0.6) is 5.75 Å². The van der Waals surface area contributed by atoms with E-state index in [1.165, 1.54) is 26.4 Å². The number of pyridine rings is 1. The van der Waals surface area contributed by atoms with Crippen LogP contribution in [0, 0.1) is 6.07 Å². The Morgan fingerprint density at radius 1 is 1.54 bits per heavy atom. The third kappa shape index (κ3) is 1.78. The zero-order chi connectivity index (χ0) is 10.1. The molecule has 0 aliphatic carbocycles. The fourth-order valence-corrected chi connectivity index (χ4v) is 1.55. The van der Waals surface area contributed by atoms with E-state index in [1.807, 2.05) is 0 Å². The summed E-state index contributed by atoms with van der Waals surface area (Å²) in [6.45, 7) is 0. The Morgan fingerprint density at radius 2 is 2.15 bits per heavy atom. The molecule has 0 fully saturated rings. The van der Waals surface area contributed by atoms with Gasteiger partial charge in [0, 0.05) is 26.4 Å². The molecule has 0 atom stereocenters. The van der Waals surface area contributed by atoms with Crippen molar-refractivity contribution in [2.45, 2.75) is 5.03 Å². The first-order chi connectivity index (χ1) is 5.96. The van der Waals surface area contributed by atoms with Crippen LogP contribution in [0.4, 0.5) is 0 Å². The Balaban J connectivity index is 3.32. The van der Waals surface area contributed by atoms with Gasteiger partial charge in [-0.3, -0.25) is 0 Å². The molecule has 6 heteroatoms. The predicted molar refractivity (Wildman–Crippen MR) is 45.6 cm³/mol. The lowest BCUT2D eigenvalue weighted by Crippen LogP contribution is -2.23. The van der Waals surface area contributed by atoms with Gasteiger partial charge in [0.05, 0.1) is 0 Å². The first-order valence-electron chi connectivity index (χ1n) is 3.44. The summed E-state index contributed by atoms with van der Waals surface area (Å²) >= 11 is 0. The van der Waals surface area contributed by atoms with Crippen molar-refractivity contribution in [3.05, 3.63) is 18.3 Å². The Morgan fingerprint density at radius 3 is 2.62 bits per heavy atom. The van der Waals surface area contributed by atoms with Gasteiger partial charge in [0.1, 0.15) is 0 Å². The van der Waals surface area contributed by atoms with E-state index < -0.39 is 15.8 Å². The maximum atomic E-state index is 11.4. The molecule has 0 saturated carbocycles. The molecule has 0 aliphatic heterocycles. The maximum Gasteiger partial charge on any atom is 0.263 e. The van der Waals surface area contributed by atoms with Crippen molar-refractivity contribution in [2.24, 2.45) is 0 Å². The van der Waals surface area contributed by atoms with E-state index in [0.717, 1.165) is 4.31 Å². The highest BCUT2D eigenvalue weighted by molar-refractivity contribution is 7.89. The van der Waals surface area contributed by atoms with E-state index in [1.54, 1.807) is 0 Å². The lowest BCUT2D eigenvalue weighted by Gasteiger charge is -2.10. The predicted octanol–water partition coefficient (Wildman–Crippen LogP) is -0.162. The van der Waals surface area contributed by atoms with Crippen LogP contribution in [-0.2, 0) is 10.0 Å². The van der Waals surface area contributed by atoms with E-state index in [-0.39, 0.29) is 5.03 Å². The number of nitrogens with zero attached hydrogens (tertiary/aromatic N) is 2. The van der Waals surface area contributed by atoms with E-state index in [4.69, 9.17) is 0 Å². The molecular weight excluding hydrogens is 192 g/mol. The third-order valence-electron chi connectivity index (χ3n) is 1.41. The quantitative estimate of drug-likeness (QED) is 0.721. The topological polar surface area (TPSA) is 70.5 Å². The standard InChI is InChI=1S/C7H9N2O3S/c1-9(2)13(11,12)7-6(10)4-3-5-8-7/h3,5,10H,1-2H3. The number of rotatable bonds is 2. The Bertz CT molecular complexity index is 400. The second-order valence-electron chi connectivity index (χ2n) is 2.53. The molecule has 0 bridgehead atoms. The number of sulfonamides is 1. The van der Waals surface area contributed by atoms with Crippen molar-refractivity contribution in [3.8, 4) is 5.75 Å². The summed E-state index contributed by atoms with van der Waals surface area (Å²) in [5.74, 6) is -0.462. The third-order valence-corrected chi connectivity index (χ3v) is 3.16. The van der Waals surface area contributed by atoms with Gasteiger partial charge in [-0.2, -0.15) is 0 Å². The SMILES string of the molecule is CN(C)S(=O)(=O)c1ncc[c]c1O. The lowest BCUT2D eigenvalue weighted by atomic mass is 10.5. The number of hydrogen-bond donors (Lipinski definition) is 1. The molecule has 0 aliphatic rings. The summed E-state index contributed by atoms with van der Waals surface area (Å²) in [5, 5.41) is 8.80. The van der Waals surface area contributed by atoms with Gasteiger partial charge in [-0.15, -0.1) is 0 Å². The van der Waals surface area contributed by atoms with Crippen molar-refractivity contribution in [2.75, 3.05) is 14.1 Å². The Labute approximate surface area is 76.7 Å². The molecule has 1 rings (SSSR count). The van der Waals surface area contributed by atoms with Gasteiger partial charge in [-0.25, -0.2) is 17.7 Å². The van der Waals surface area contributed by atoms with Gasteiger partial charge in [0.15, 0.2) is 5.75 Å². The second-order valence-corrected chi connectivity index (χ2v) is 4.60. The monoisotopic (exact) mass is 201 g/mol. The molecule has 1 aromatic rings. The molecular formula is C7H9N2O3S. The van der Waals surface area contributed by atoms with Crippen LogP contribution >= 0.6 is 0 Å². The highest BCUT2D eigenvalue weighted by atomic mass is 32.2. The fourth-order valence-electron chi connectivity index (χ4n) is 0.706. The molecule has 0 amide bonds. The minimum Gasteiger partial charge on any atom is -0.504 e. The van der Waals surface area contributed by atoms with Gasteiger partial charge in [-0.1, -0.05) is 0 Å².